The van der Waals surface area contributed by atoms with Crippen molar-refractivity contribution in [3.63, 3.8) is 0 Å². The van der Waals surface area contributed by atoms with Crippen LogP contribution in [0.3, 0.4) is 0 Å². The quantitative estimate of drug-likeness (QED) is 0.451. The maximum atomic E-state index is 10.4. The second-order valence-corrected chi connectivity index (χ2v) is 2.79. The van der Waals surface area contributed by atoms with Crippen LogP contribution in [-0.4, -0.2) is 22.8 Å². The standard InChI is InChI=1S/C9H16O3/c1-2-3-4-5-6-8(7-10)9(11)12/h2,8,10H,1,3-7H2,(H,11,12)/t8-/m1/s1. The van der Waals surface area contributed by atoms with Crippen LogP contribution in [0.25, 0.3) is 0 Å². The average Bonchev–Trinajstić information content (AvgIpc) is 2.04. The van der Waals surface area contributed by atoms with Crippen LogP contribution in [0.2, 0.25) is 0 Å². The molecule has 0 saturated carbocycles. The SMILES string of the molecule is C=CCCCC[C@H](CO)C(=O)O. The molecule has 1 atom stereocenters. The van der Waals surface area contributed by atoms with Gasteiger partial charge in [-0.2, -0.15) is 0 Å². The zero-order chi connectivity index (χ0) is 9.40. The van der Waals surface area contributed by atoms with Gasteiger partial charge in [-0.05, 0) is 19.3 Å². The van der Waals surface area contributed by atoms with Crippen LogP contribution < -0.4 is 0 Å². The number of hydrogen-bond acceptors (Lipinski definition) is 2. The fourth-order valence-corrected chi connectivity index (χ4v) is 0.972. The number of carboxylic acids is 1. The van der Waals surface area contributed by atoms with Gasteiger partial charge in [0.2, 0.25) is 0 Å². The largest absolute Gasteiger partial charge is 0.481 e. The first-order valence-electron chi connectivity index (χ1n) is 4.17. The maximum absolute atomic E-state index is 10.4. The fraction of sp³-hybridized carbons (Fsp3) is 0.667. The van der Waals surface area contributed by atoms with Gasteiger partial charge in [-0.25, -0.2) is 0 Å². The summed E-state index contributed by atoms with van der Waals surface area (Å²) in [6.07, 6.45) is 5.07. The topological polar surface area (TPSA) is 57.5 Å². The number of carboxylic acid groups (broad SMARTS) is 1. The van der Waals surface area contributed by atoms with E-state index in [9.17, 15) is 4.79 Å². The Morgan fingerprint density at radius 1 is 1.50 bits per heavy atom. The molecule has 12 heavy (non-hydrogen) atoms. The van der Waals surface area contributed by atoms with E-state index in [1.807, 2.05) is 6.08 Å². The highest BCUT2D eigenvalue weighted by molar-refractivity contribution is 5.69. The summed E-state index contributed by atoms with van der Waals surface area (Å²) in [7, 11) is 0. The van der Waals surface area contributed by atoms with Gasteiger partial charge < -0.3 is 10.2 Å². The third-order valence-electron chi connectivity index (χ3n) is 1.78. The molecule has 0 spiro atoms. The molecule has 0 aliphatic carbocycles. The van der Waals surface area contributed by atoms with Crippen molar-refractivity contribution < 1.29 is 15.0 Å². The number of rotatable bonds is 7. The van der Waals surface area contributed by atoms with E-state index < -0.39 is 11.9 Å². The molecule has 0 heterocycles. The number of carbonyl (C=O) groups is 1. The number of allylic oxidation sites excluding steroid dienone is 1. The molecular formula is C9H16O3. The second-order valence-electron chi connectivity index (χ2n) is 2.79. The van der Waals surface area contributed by atoms with Gasteiger partial charge in [0.05, 0.1) is 12.5 Å². The smallest absolute Gasteiger partial charge is 0.308 e. The fourth-order valence-electron chi connectivity index (χ4n) is 0.972. The molecule has 0 aromatic heterocycles. The Kier molecular flexibility index (Phi) is 6.38. The van der Waals surface area contributed by atoms with Crippen molar-refractivity contribution in [2.75, 3.05) is 6.61 Å². The van der Waals surface area contributed by atoms with Crippen molar-refractivity contribution >= 4 is 5.97 Å². The van der Waals surface area contributed by atoms with Crippen molar-refractivity contribution in [1.29, 1.82) is 0 Å². The molecule has 0 aromatic carbocycles. The third kappa shape index (κ3) is 4.91. The van der Waals surface area contributed by atoms with E-state index in [1.165, 1.54) is 0 Å². The third-order valence-corrected chi connectivity index (χ3v) is 1.78. The zero-order valence-electron chi connectivity index (χ0n) is 7.20. The average molecular weight is 172 g/mol. The van der Waals surface area contributed by atoms with Gasteiger partial charge in [-0.1, -0.05) is 12.5 Å². The van der Waals surface area contributed by atoms with E-state index in [4.69, 9.17) is 10.2 Å². The summed E-state index contributed by atoms with van der Waals surface area (Å²) in [4.78, 5) is 10.4. The van der Waals surface area contributed by atoms with Crippen LogP contribution >= 0.6 is 0 Å². The molecule has 0 bridgehead atoms. The summed E-state index contributed by atoms with van der Waals surface area (Å²) in [5, 5.41) is 17.2. The second kappa shape index (κ2) is 6.85. The van der Waals surface area contributed by atoms with Gasteiger partial charge in [0, 0.05) is 0 Å². The number of unbranched alkanes of at least 4 members (excludes halogenated alkanes) is 2. The van der Waals surface area contributed by atoms with Gasteiger partial charge in [0.1, 0.15) is 0 Å². The van der Waals surface area contributed by atoms with E-state index in [0.29, 0.717) is 6.42 Å². The van der Waals surface area contributed by atoms with Crippen molar-refractivity contribution in [3.05, 3.63) is 12.7 Å². The summed E-state index contributed by atoms with van der Waals surface area (Å²) in [6.45, 7) is 3.31. The Hall–Kier alpha value is -0.830. The molecule has 3 heteroatoms. The highest BCUT2D eigenvalue weighted by Gasteiger charge is 2.14. The minimum absolute atomic E-state index is 0.260. The predicted molar refractivity (Wildman–Crippen MR) is 46.9 cm³/mol. The summed E-state index contributed by atoms with van der Waals surface area (Å²) in [5.74, 6) is -1.49. The zero-order valence-corrected chi connectivity index (χ0v) is 7.20. The molecule has 70 valence electrons. The Bertz CT molecular complexity index is 143. The van der Waals surface area contributed by atoms with Gasteiger partial charge in [0.15, 0.2) is 0 Å². The van der Waals surface area contributed by atoms with Crippen molar-refractivity contribution in [2.45, 2.75) is 25.7 Å². The molecular weight excluding hydrogens is 156 g/mol. The van der Waals surface area contributed by atoms with Gasteiger partial charge in [-0.15, -0.1) is 6.58 Å². The van der Waals surface area contributed by atoms with Crippen molar-refractivity contribution in [2.24, 2.45) is 5.92 Å². The van der Waals surface area contributed by atoms with Crippen LogP contribution in [0.4, 0.5) is 0 Å². The van der Waals surface area contributed by atoms with E-state index in [-0.39, 0.29) is 6.61 Å². The van der Waals surface area contributed by atoms with E-state index in [2.05, 4.69) is 6.58 Å². The Balaban J connectivity index is 3.44. The summed E-state index contributed by atoms with van der Waals surface area (Å²) in [6, 6.07) is 0. The molecule has 0 fully saturated rings. The molecule has 0 unspecified atom stereocenters. The molecule has 0 saturated heterocycles. The van der Waals surface area contributed by atoms with Gasteiger partial charge in [0.25, 0.3) is 0 Å². The molecule has 0 amide bonds. The Morgan fingerprint density at radius 3 is 2.58 bits per heavy atom. The lowest BCUT2D eigenvalue weighted by atomic mass is 10.0. The molecule has 3 nitrogen and oxygen atoms in total. The first-order valence-corrected chi connectivity index (χ1v) is 4.17. The lowest BCUT2D eigenvalue weighted by Gasteiger charge is -2.07. The number of aliphatic hydroxyl groups excluding tert-OH is 1. The minimum Gasteiger partial charge on any atom is -0.481 e. The number of hydrogen-bond donors (Lipinski definition) is 2. The highest BCUT2D eigenvalue weighted by Crippen LogP contribution is 2.09. The maximum Gasteiger partial charge on any atom is 0.308 e. The molecule has 0 aliphatic rings. The normalized spacial score (nSPS) is 12.4. The molecule has 2 N–H and O–H groups in total. The van der Waals surface area contributed by atoms with Crippen molar-refractivity contribution in [3.8, 4) is 0 Å². The molecule has 0 rings (SSSR count). The predicted octanol–water partition coefficient (Wildman–Crippen LogP) is 1.43. The van der Waals surface area contributed by atoms with Crippen LogP contribution in [0, 0.1) is 5.92 Å². The molecule has 0 aliphatic heterocycles. The monoisotopic (exact) mass is 172 g/mol. The Labute approximate surface area is 72.7 Å². The first-order chi connectivity index (χ1) is 5.72. The van der Waals surface area contributed by atoms with Gasteiger partial charge >= 0.3 is 5.97 Å². The van der Waals surface area contributed by atoms with Crippen LogP contribution in [0.15, 0.2) is 12.7 Å². The summed E-state index contributed by atoms with van der Waals surface area (Å²) < 4.78 is 0. The first kappa shape index (κ1) is 11.2. The van der Waals surface area contributed by atoms with Crippen LogP contribution in [0.5, 0.6) is 0 Å². The van der Waals surface area contributed by atoms with Crippen LogP contribution in [0.1, 0.15) is 25.7 Å². The number of aliphatic hydroxyl groups is 1. The highest BCUT2D eigenvalue weighted by atomic mass is 16.4. The summed E-state index contributed by atoms with van der Waals surface area (Å²) in [5.41, 5.74) is 0. The Morgan fingerprint density at radius 2 is 2.17 bits per heavy atom. The molecule has 0 aromatic rings. The minimum atomic E-state index is -0.906. The molecule has 0 radical (unpaired) electrons. The van der Waals surface area contributed by atoms with Gasteiger partial charge in [-0.3, -0.25) is 4.79 Å². The summed E-state index contributed by atoms with van der Waals surface area (Å²) >= 11 is 0. The van der Waals surface area contributed by atoms with E-state index in [1.54, 1.807) is 0 Å². The lowest BCUT2D eigenvalue weighted by molar-refractivity contribution is -0.143. The number of aliphatic carboxylic acids is 1. The lowest BCUT2D eigenvalue weighted by Crippen LogP contribution is -2.17. The van der Waals surface area contributed by atoms with Crippen LogP contribution in [-0.2, 0) is 4.79 Å². The van der Waals surface area contributed by atoms with Crippen molar-refractivity contribution in [1.82, 2.24) is 0 Å². The van der Waals surface area contributed by atoms with E-state index >= 15 is 0 Å². The van der Waals surface area contributed by atoms with E-state index in [0.717, 1.165) is 19.3 Å².